The van der Waals surface area contributed by atoms with Gasteiger partial charge in [-0.25, -0.2) is 4.79 Å². The minimum absolute atomic E-state index is 0.113. The van der Waals surface area contributed by atoms with Gasteiger partial charge in [0, 0.05) is 35.3 Å². The molecule has 0 saturated heterocycles. The Morgan fingerprint density at radius 1 is 1.00 bits per heavy atom. The van der Waals surface area contributed by atoms with E-state index in [1.807, 2.05) is 24.3 Å². The molecule has 0 aliphatic carbocycles. The summed E-state index contributed by atoms with van der Waals surface area (Å²) < 4.78 is 11.8. The van der Waals surface area contributed by atoms with Crippen molar-refractivity contribution in [2.45, 2.75) is 33.1 Å². The Kier molecular flexibility index (Phi) is 5.75. The highest BCUT2D eigenvalue weighted by atomic mass is 16.5. The third kappa shape index (κ3) is 4.04. The van der Waals surface area contributed by atoms with Crippen molar-refractivity contribution in [3.63, 3.8) is 0 Å². The number of hydrogen-bond acceptors (Lipinski definition) is 4. The van der Waals surface area contributed by atoms with E-state index in [1.54, 1.807) is 12.1 Å². The fourth-order valence-electron chi connectivity index (χ4n) is 4.01. The number of aryl methyl sites for hydroxylation is 2. The standard InChI is InChI=1S/C26H27NO3/c1-4-27-23-16-25-22(15-18(23)3)20(21-14-17(2)10-11-24(21)30-25)12-13-29-26(28)19-8-6-5-7-9-19/h5-11,14-16,20,27H,4,12-13H2,1-3H3. The van der Waals surface area contributed by atoms with Gasteiger partial charge in [-0.05, 0) is 57.0 Å². The largest absolute Gasteiger partial charge is 0.462 e. The highest BCUT2D eigenvalue weighted by Crippen LogP contribution is 2.47. The van der Waals surface area contributed by atoms with E-state index in [4.69, 9.17) is 9.47 Å². The van der Waals surface area contributed by atoms with Gasteiger partial charge in [0.2, 0.25) is 0 Å². The number of nitrogens with one attached hydrogen (secondary N) is 1. The van der Waals surface area contributed by atoms with Crippen LogP contribution in [0.1, 0.15) is 51.9 Å². The van der Waals surface area contributed by atoms with Crippen molar-refractivity contribution in [1.29, 1.82) is 0 Å². The van der Waals surface area contributed by atoms with Crippen LogP contribution in [0.15, 0.2) is 60.7 Å². The van der Waals surface area contributed by atoms with Gasteiger partial charge in [-0.2, -0.15) is 0 Å². The minimum atomic E-state index is -0.286. The first-order chi connectivity index (χ1) is 14.6. The molecule has 0 spiro atoms. The van der Waals surface area contributed by atoms with E-state index >= 15 is 0 Å². The fourth-order valence-corrected chi connectivity index (χ4v) is 4.01. The number of ether oxygens (including phenoxy) is 2. The molecule has 4 rings (SSSR count). The van der Waals surface area contributed by atoms with Gasteiger partial charge < -0.3 is 14.8 Å². The molecule has 4 nitrogen and oxygen atoms in total. The quantitative estimate of drug-likeness (QED) is 0.498. The molecule has 1 unspecified atom stereocenters. The second-order valence-electron chi connectivity index (χ2n) is 7.72. The molecule has 0 fully saturated rings. The second-order valence-corrected chi connectivity index (χ2v) is 7.72. The van der Waals surface area contributed by atoms with Crippen molar-refractivity contribution in [2.24, 2.45) is 0 Å². The van der Waals surface area contributed by atoms with Crippen LogP contribution in [0, 0.1) is 13.8 Å². The summed E-state index contributed by atoms with van der Waals surface area (Å²) in [5.74, 6) is 1.57. The zero-order valence-electron chi connectivity index (χ0n) is 17.7. The predicted molar refractivity (Wildman–Crippen MR) is 120 cm³/mol. The van der Waals surface area contributed by atoms with Crippen LogP contribution in [0.4, 0.5) is 5.69 Å². The van der Waals surface area contributed by atoms with Crippen LogP contribution in [0.5, 0.6) is 11.5 Å². The van der Waals surface area contributed by atoms with Crippen LogP contribution in [-0.2, 0) is 4.74 Å². The van der Waals surface area contributed by atoms with Crippen molar-refractivity contribution in [1.82, 2.24) is 0 Å². The number of esters is 1. The first-order valence-corrected chi connectivity index (χ1v) is 10.5. The number of carbonyl (C=O) groups excluding carboxylic acids is 1. The molecule has 0 bridgehead atoms. The van der Waals surface area contributed by atoms with Crippen molar-refractivity contribution in [3.05, 3.63) is 88.5 Å². The Morgan fingerprint density at radius 3 is 2.53 bits per heavy atom. The van der Waals surface area contributed by atoms with Gasteiger partial charge >= 0.3 is 5.97 Å². The minimum Gasteiger partial charge on any atom is -0.462 e. The van der Waals surface area contributed by atoms with Gasteiger partial charge in [0.05, 0.1) is 12.2 Å². The monoisotopic (exact) mass is 401 g/mol. The molecule has 1 N–H and O–H groups in total. The van der Waals surface area contributed by atoms with Gasteiger partial charge in [-0.1, -0.05) is 35.9 Å². The summed E-state index contributed by atoms with van der Waals surface area (Å²) in [7, 11) is 0. The lowest BCUT2D eigenvalue weighted by molar-refractivity contribution is 0.0495. The molecule has 1 atom stereocenters. The molecule has 3 aromatic carbocycles. The summed E-state index contributed by atoms with van der Waals surface area (Å²) in [5.41, 5.74) is 6.32. The zero-order valence-corrected chi connectivity index (χ0v) is 17.7. The van der Waals surface area contributed by atoms with Crippen LogP contribution in [0.2, 0.25) is 0 Å². The lowest BCUT2D eigenvalue weighted by Gasteiger charge is -2.30. The van der Waals surface area contributed by atoms with E-state index in [-0.39, 0.29) is 11.9 Å². The van der Waals surface area contributed by atoms with Gasteiger partial charge in [-0.15, -0.1) is 0 Å². The molecule has 0 saturated carbocycles. The average Bonchev–Trinajstić information content (AvgIpc) is 2.75. The highest BCUT2D eigenvalue weighted by Gasteiger charge is 2.28. The first-order valence-electron chi connectivity index (χ1n) is 10.5. The van der Waals surface area contributed by atoms with E-state index in [0.29, 0.717) is 18.6 Å². The Labute approximate surface area is 177 Å². The maximum atomic E-state index is 12.3. The van der Waals surface area contributed by atoms with Gasteiger partial charge in [0.25, 0.3) is 0 Å². The second kappa shape index (κ2) is 8.62. The summed E-state index contributed by atoms with van der Waals surface area (Å²) in [6, 6.07) is 19.7. The number of anilines is 1. The molecule has 154 valence electrons. The van der Waals surface area contributed by atoms with E-state index in [9.17, 15) is 4.79 Å². The maximum Gasteiger partial charge on any atom is 0.338 e. The van der Waals surface area contributed by atoms with E-state index in [2.05, 4.69) is 50.4 Å². The van der Waals surface area contributed by atoms with Crippen LogP contribution < -0.4 is 10.1 Å². The Balaban J connectivity index is 1.60. The number of benzene rings is 3. The number of fused-ring (bicyclic) bond motifs is 2. The summed E-state index contributed by atoms with van der Waals surface area (Å²) in [5, 5.41) is 3.40. The normalized spacial score (nSPS) is 14.3. The molecule has 4 heteroatoms. The number of rotatable bonds is 6. The lowest BCUT2D eigenvalue weighted by atomic mass is 9.84. The van der Waals surface area contributed by atoms with Crippen LogP contribution in [0.3, 0.4) is 0 Å². The van der Waals surface area contributed by atoms with Crippen LogP contribution >= 0.6 is 0 Å². The summed E-state index contributed by atoms with van der Waals surface area (Å²) in [6.45, 7) is 7.48. The molecule has 1 aliphatic rings. The van der Waals surface area contributed by atoms with Crippen molar-refractivity contribution < 1.29 is 14.3 Å². The summed E-state index contributed by atoms with van der Waals surface area (Å²) in [6.07, 6.45) is 0.700. The van der Waals surface area contributed by atoms with Crippen LogP contribution in [-0.4, -0.2) is 19.1 Å². The van der Waals surface area contributed by atoms with Crippen LogP contribution in [0.25, 0.3) is 0 Å². The molecule has 0 aromatic heterocycles. The molecule has 30 heavy (non-hydrogen) atoms. The molecule has 0 radical (unpaired) electrons. The lowest BCUT2D eigenvalue weighted by Crippen LogP contribution is -2.15. The van der Waals surface area contributed by atoms with Gasteiger partial charge in [-0.3, -0.25) is 0 Å². The number of hydrogen-bond donors (Lipinski definition) is 1. The zero-order chi connectivity index (χ0) is 21.1. The number of carbonyl (C=O) groups is 1. The third-order valence-electron chi connectivity index (χ3n) is 5.51. The summed E-state index contributed by atoms with van der Waals surface area (Å²) in [4.78, 5) is 12.3. The van der Waals surface area contributed by atoms with E-state index in [0.717, 1.165) is 34.9 Å². The Bertz CT molecular complexity index is 1060. The fraction of sp³-hybridized carbons (Fsp3) is 0.269. The topological polar surface area (TPSA) is 47.6 Å². The van der Waals surface area contributed by atoms with Crippen molar-refractivity contribution >= 4 is 11.7 Å². The molecular weight excluding hydrogens is 374 g/mol. The summed E-state index contributed by atoms with van der Waals surface area (Å²) >= 11 is 0. The Hall–Kier alpha value is -3.27. The van der Waals surface area contributed by atoms with Gasteiger partial charge in [0.1, 0.15) is 11.5 Å². The molecule has 0 amide bonds. The molecule has 1 aliphatic heterocycles. The average molecular weight is 402 g/mol. The van der Waals surface area contributed by atoms with E-state index in [1.165, 1.54) is 11.1 Å². The highest BCUT2D eigenvalue weighted by molar-refractivity contribution is 5.89. The van der Waals surface area contributed by atoms with Crippen molar-refractivity contribution in [2.75, 3.05) is 18.5 Å². The predicted octanol–water partition coefficient (Wildman–Crippen LogP) is 6.22. The third-order valence-corrected chi connectivity index (χ3v) is 5.51. The molecule has 1 heterocycles. The smallest absolute Gasteiger partial charge is 0.338 e. The SMILES string of the molecule is CCNc1cc2c(cc1C)C(CCOC(=O)c1ccccc1)c1cc(C)ccc1O2. The Morgan fingerprint density at radius 2 is 1.77 bits per heavy atom. The molecule has 3 aromatic rings. The first kappa shape index (κ1) is 20.0. The molecular formula is C26H27NO3. The van der Waals surface area contributed by atoms with Crippen molar-refractivity contribution in [3.8, 4) is 11.5 Å². The van der Waals surface area contributed by atoms with Gasteiger partial charge in [0.15, 0.2) is 0 Å². The van der Waals surface area contributed by atoms with E-state index < -0.39 is 0 Å². The maximum absolute atomic E-state index is 12.3.